The summed E-state index contributed by atoms with van der Waals surface area (Å²) in [5.74, 6) is -0.116. The number of hydrogen-bond acceptors (Lipinski definition) is 3. The monoisotopic (exact) mass is 241 g/mol. The Morgan fingerprint density at radius 2 is 2.12 bits per heavy atom. The Labute approximate surface area is 102 Å². The van der Waals surface area contributed by atoms with Crippen molar-refractivity contribution in [2.24, 2.45) is 5.73 Å². The van der Waals surface area contributed by atoms with Gasteiger partial charge in [-0.3, -0.25) is 0 Å². The Morgan fingerprint density at radius 1 is 1.41 bits per heavy atom. The number of methoxy groups -OCH3 is 1. The van der Waals surface area contributed by atoms with Gasteiger partial charge in [0.2, 0.25) is 0 Å². The van der Waals surface area contributed by atoms with Gasteiger partial charge in [-0.2, -0.15) is 0 Å². The van der Waals surface area contributed by atoms with Crippen LogP contribution >= 0.6 is 0 Å². The summed E-state index contributed by atoms with van der Waals surface area (Å²) >= 11 is 0. The summed E-state index contributed by atoms with van der Waals surface area (Å²) in [5, 5.41) is 0. The number of nitrogens with two attached hydrogens (primary N) is 1. The third-order valence-corrected chi connectivity index (χ3v) is 2.46. The smallest absolute Gasteiger partial charge is 0.165 e. The molecule has 2 N–H and O–H groups in total. The molecule has 17 heavy (non-hydrogen) atoms. The van der Waals surface area contributed by atoms with Gasteiger partial charge in [0, 0.05) is 12.1 Å². The van der Waals surface area contributed by atoms with Gasteiger partial charge < -0.3 is 15.2 Å². The first-order valence-electron chi connectivity index (χ1n) is 5.67. The molecule has 0 saturated heterocycles. The van der Waals surface area contributed by atoms with Gasteiger partial charge in [0.1, 0.15) is 0 Å². The minimum atomic E-state index is -0.489. The van der Waals surface area contributed by atoms with Crippen molar-refractivity contribution in [1.29, 1.82) is 0 Å². The number of rotatable bonds is 6. The maximum absolute atomic E-state index is 13.5. The minimum Gasteiger partial charge on any atom is -0.494 e. The SMILES string of the molecule is CCOCC(C)(N)Cc1ccc(OC)c(F)c1. The highest BCUT2D eigenvalue weighted by molar-refractivity contribution is 5.30. The van der Waals surface area contributed by atoms with Gasteiger partial charge >= 0.3 is 0 Å². The van der Waals surface area contributed by atoms with Crippen LogP contribution in [0.5, 0.6) is 5.75 Å². The summed E-state index contributed by atoms with van der Waals surface area (Å²) < 4.78 is 23.6. The molecule has 1 aromatic rings. The molecule has 0 heterocycles. The zero-order chi connectivity index (χ0) is 12.9. The largest absolute Gasteiger partial charge is 0.494 e. The summed E-state index contributed by atoms with van der Waals surface area (Å²) in [7, 11) is 1.44. The second kappa shape index (κ2) is 5.98. The highest BCUT2D eigenvalue weighted by Gasteiger charge is 2.19. The van der Waals surface area contributed by atoms with Gasteiger partial charge in [-0.05, 0) is 38.0 Å². The van der Waals surface area contributed by atoms with Crippen LogP contribution in [-0.2, 0) is 11.2 Å². The van der Waals surface area contributed by atoms with E-state index in [1.807, 2.05) is 19.9 Å². The van der Waals surface area contributed by atoms with E-state index in [1.165, 1.54) is 13.2 Å². The van der Waals surface area contributed by atoms with E-state index >= 15 is 0 Å². The average Bonchev–Trinajstić information content (AvgIpc) is 2.26. The number of ether oxygens (including phenoxy) is 2. The van der Waals surface area contributed by atoms with E-state index in [1.54, 1.807) is 6.07 Å². The zero-order valence-electron chi connectivity index (χ0n) is 10.6. The molecule has 0 fully saturated rings. The van der Waals surface area contributed by atoms with Crippen molar-refractivity contribution in [1.82, 2.24) is 0 Å². The van der Waals surface area contributed by atoms with Gasteiger partial charge in [-0.25, -0.2) is 4.39 Å². The van der Waals surface area contributed by atoms with Crippen molar-refractivity contribution < 1.29 is 13.9 Å². The normalized spacial score (nSPS) is 14.4. The van der Waals surface area contributed by atoms with Gasteiger partial charge in [0.15, 0.2) is 11.6 Å². The first-order chi connectivity index (χ1) is 7.98. The molecule has 96 valence electrons. The topological polar surface area (TPSA) is 44.5 Å². The maximum Gasteiger partial charge on any atom is 0.165 e. The average molecular weight is 241 g/mol. The van der Waals surface area contributed by atoms with E-state index in [4.69, 9.17) is 15.2 Å². The second-order valence-corrected chi connectivity index (χ2v) is 4.44. The van der Waals surface area contributed by atoms with Crippen molar-refractivity contribution in [2.45, 2.75) is 25.8 Å². The first kappa shape index (κ1) is 13.9. The molecule has 1 atom stereocenters. The fraction of sp³-hybridized carbons (Fsp3) is 0.538. The van der Waals surface area contributed by atoms with E-state index in [9.17, 15) is 4.39 Å². The molecule has 4 heteroatoms. The number of benzene rings is 1. The summed E-state index contributed by atoms with van der Waals surface area (Å²) in [6.45, 7) is 4.90. The van der Waals surface area contributed by atoms with Crippen molar-refractivity contribution in [3.05, 3.63) is 29.6 Å². The quantitative estimate of drug-likeness (QED) is 0.829. The van der Waals surface area contributed by atoms with Crippen molar-refractivity contribution in [2.75, 3.05) is 20.3 Å². The van der Waals surface area contributed by atoms with Crippen LogP contribution in [0, 0.1) is 5.82 Å². The Balaban J connectivity index is 2.71. The lowest BCUT2D eigenvalue weighted by atomic mass is 9.95. The molecule has 0 spiro atoms. The van der Waals surface area contributed by atoms with Crippen LogP contribution < -0.4 is 10.5 Å². The third kappa shape index (κ3) is 4.32. The highest BCUT2D eigenvalue weighted by Crippen LogP contribution is 2.20. The van der Waals surface area contributed by atoms with E-state index in [0.717, 1.165) is 5.56 Å². The zero-order valence-corrected chi connectivity index (χ0v) is 10.6. The lowest BCUT2D eigenvalue weighted by molar-refractivity contribution is 0.101. The molecular weight excluding hydrogens is 221 g/mol. The molecule has 0 amide bonds. The van der Waals surface area contributed by atoms with E-state index < -0.39 is 5.54 Å². The number of halogens is 1. The second-order valence-electron chi connectivity index (χ2n) is 4.44. The molecule has 0 radical (unpaired) electrons. The Bertz CT molecular complexity index is 366. The summed E-state index contributed by atoms with van der Waals surface area (Å²) in [6.07, 6.45) is 0.563. The predicted molar refractivity (Wildman–Crippen MR) is 65.7 cm³/mol. The fourth-order valence-corrected chi connectivity index (χ4v) is 1.67. The molecule has 1 aromatic carbocycles. The molecule has 0 saturated carbocycles. The van der Waals surface area contributed by atoms with Crippen LogP contribution in [0.1, 0.15) is 19.4 Å². The first-order valence-corrected chi connectivity index (χ1v) is 5.67. The van der Waals surface area contributed by atoms with Crippen LogP contribution in [0.3, 0.4) is 0 Å². The van der Waals surface area contributed by atoms with Crippen molar-refractivity contribution in [3.63, 3.8) is 0 Å². The maximum atomic E-state index is 13.5. The predicted octanol–water partition coefficient (Wildman–Crippen LogP) is 2.13. The molecule has 0 aromatic heterocycles. The summed E-state index contributed by atoms with van der Waals surface area (Å²) in [4.78, 5) is 0. The van der Waals surface area contributed by atoms with E-state index in [-0.39, 0.29) is 11.6 Å². The van der Waals surface area contributed by atoms with Crippen molar-refractivity contribution >= 4 is 0 Å². The third-order valence-electron chi connectivity index (χ3n) is 2.46. The lowest BCUT2D eigenvalue weighted by Gasteiger charge is -2.24. The van der Waals surface area contributed by atoms with Crippen LogP contribution in [0.4, 0.5) is 4.39 Å². The molecule has 0 aliphatic rings. The fourth-order valence-electron chi connectivity index (χ4n) is 1.67. The van der Waals surface area contributed by atoms with Gasteiger partial charge in [-0.15, -0.1) is 0 Å². The van der Waals surface area contributed by atoms with Crippen LogP contribution in [-0.4, -0.2) is 25.9 Å². The summed E-state index contributed by atoms with van der Waals surface area (Å²) in [6, 6.07) is 4.89. The highest BCUT2D eigenvalue weighted by atomic mass is 19.1. The standard InChI is InChI=1S/C13H20FNO2/c1-4-17-9-13(2,15)8-10-5-6-12(16-3)11(14)7-10/h5-7H,4,8-9,15H2,1-3H3. The van der Waals surface area contributed by atoms with Crippen molar-refractivity contribution in [3.8, 4) is 5.75 Å². The van der Waals surface area contributed by atoms with E-state index in [2.05, 4.69) is 0 Å². The molecule has 0 bridgehead atoms. The van der Waals surface area contributed by atoms with Crippen LogP contribution in [0.2, 0.25) is 0 Å². The molecule has 1 rings (SSSR count). The Morgan fingerprint density at radius 3 is 2.65 bits per heavy atom. The Hall–Kier alpha value is -1.13. The molecular formula is C13H20FNO2. The Kier molecular flexibility index (Phi) is 4.90. The van der Waals surface area contributed by atoms with E-state index in [0.29, 0.717) is 19.6 Å². The molecule has 0 aliphatic heterocycles. The molecule has 0 aliphatic carbocycles. The minimum absolute atomic E-state index is 0.247. The molecule has 3 nitrogen and oxygen atoms in total. The van der Waals surface area contributed by atoms with Crippen LogP contribution in [0.15, 0.2) is 18.2 Å². The van der Waals surface area contributed by atoms with Crippen LogP contribution in [0.25, 0.3) is 0 Å². The number of hydrogen-bond donors (Lipinski definition) is 1. The molecule has 1 unspecified atom stereocenters. The van der Waals surface area contributed by atoms with Gasteiger partial charge in [-0.1, -0.05) is 6.07 Å². The summed E-state index contributed by atoms with van der Waals surface area (Å²) in [5.41, 5.74) is 6.43. The van der Waals surface area contributed by atoms with Gasteiger partial charge in [0.05, 0.1) is 13.7 Å². The van der Waals surface area contributed by atoms with Gasteiger partial charge in [0.25, 0.3) is 0 Å². The lowest BCUT2D eigenvalue weighted by Crippen LogP contribution is -2.43.